The Kier molecular flexibility index (Phi) is 4.18. The van der Waals surface area contributed by atoms with E-state index in [-0.39, 0.29) is 12.2 Å². The highest BCUT2D eigenvalue weighted by molar-refractivity contribution is 6.27. The van der Waals surface area contributed by atoms with Crippen molar-refractivity contribution in [1.82, 2.24) is 4.90 Å². The maximum Gasteiger partial charge on any atom is 0.341 e. The number of carbonyl (C=O) groups is 1. The number of hydrogen-bond acceptors (Lipinski definition) is 3. The smallest absolute Gasteiger partial charge is 0.341 e. The van der Waals surface area contributed by atoms with Crippen LogP contribution < -0.4 is 0 Å². The summed E-state index contributed by atoms with van der Waals surface area (Å²) in [6, 6.07) is 20.0. The molecule has 0 saturated carbocycles. The third-order valence-electron chi connectivity index (χ3n) is 4.81. The van der Waals surface area contributed by atoms with Crippen molar-refractivity contribution in [3.8, 4) is 0 Å². The van der Waals surface area contributed by atoms with E-state index < -0.39 is 0 Å². The fraction of sp³-hybridized carbons (Fsp3) is 0.286. The minimum atomic E-state index is -0.268. The predicted molar refractivity (Wildman–Crippen MR) is 95.0 cm³/mol. The molecule has 122 valence electrons. The summed E-state index contributed by atoms with van der Waals surface area (Å²) in [6.45, 7) is 1.96. The average Bonchev–Trinajstić information content (AvgIpc) is 3.01. The maximum atomic E-state index is 12.7. The van der Waals surface area contributed by atoms with E-state index >= 15 is 0 Å². The zero-order valence-electron chi connectivity index (χ0n) is 13.7. The summed E-state index contributed by atoms with van der Waals surface area (Å²) in [4.78, 5) is 15.0. The second-order valence-electron chi connectivity index (χ2n) is 6.38. The van der Waals surface area contributed by atoms with Gasteiger partial charge in [-0.15, -0.1) is 0 Å². The number of hydrogen-bond donors (Lipinski definition) is 0. The molecule has 0 aromatic heterocycles. The van der Waals surface area contributed by atoms with E-state index in [9.17, 15) is 4.79 Å². The number of benzene rings is 2. The average molecular weight is 319 g/mol. The van der Waals surface area contributed by atoms with Crippen LogP contribution in [0.3, 0.4) is 0 Å². The van der Waals surface area contributed by atoms with Gasteiger partial charge in [0, 0.05) is 18.7 Å². The molecule has 0 bridgehead atoms. The lowest BCUT2D eigenvalue weighted by molar-refractivity contribution is -0.144. The van der Waals surface area contributed by atoms with E-state index in [4.69, 9.17) is 4.74 Å². The third kappa shape index (κ3) is 2.76. The molecule has 0 aliphatic carbocycles. The molecular weight excluding hydrogens is 298 g/mol. The second-order valence-corrected chi connectivity index (χ2v) is 6.38. The second kappa shape index (κ2) is 6.62. The SMILES string of the molecule is O=C1OC(N2CCCCC2)C(c2ccccc2)=C1c1ccccc1. The first-order valence-electron chi connectivity index (χ1n) is 8.64. The minimum absolute atomic E-state index is 0.212. The zero-order chi connectivity index (χ0) is 16.4. The van der Waals surface area contributed by atoms with E-state index in [0.717, 1.165) is 42.6 Å². The molecule has 3 heteroatoms. The number of likely N-dealkylation sites (tertiary alicyclic amines) is 1. The standard InChI is InChI=1S/C21H21NO2/c23-21-19(17-12-6-2-7-13-17)18(16-10-4-1-5-11-16)20(24-21)22-14-8-3-9-15-22/h1-2,4-7,10-13,20H,3,8-9,14-15H2. The van der Waals surface area contributed by atoms with Crippen LogP contribution in [0.2, 0.25) is 0 Å². The summed E-state index contributed by atoms with van der Waals surface area (Å²) in [5, 5.41) is 0. The molecule has 0 amide bonds. The Morgan fingerprint density at radius 2 is 1.38 bits per heavy atom. The normalized spacial score (nSPS) is 21.8. The first-order valence-corrected chi connectivity index (χ1v) is 8.64. The first-order chi connectivity index (χ1) is 11.8. The molecule has 2 aliphatic rings. The fourth-order valence-electron chi connectivity index (χ4n) is 3.65. The Morgan fingerprint density at radius 3 is 2.00 bits per heavy atom. The summed E-state index contributed by atoms with van der Waals surface area (Å²) in [6.07, 6.45) is 3.32. The molecule has 1 unspecified atom stereocenters. The van der Waals surface area contributed by atoms with Gasteiger partial charge in [-0.05, 0) is 24.0 Å². The molecule has 4 rings (SSSR count). The Morgan fingerprint density at radius 1 is 0.792 bits per heavy atom. The highest BCUT2D eigenvalue weighted by Crippen LogP contribution is 2.39. The van der Waals surface area contributed by atoms with E-state index in [1.54, 1.807) is 0 Å². The summed E-state index contributed by atoms with van der Waals surface area (Å²) in [5.74, 6) is -0.212. The molecule has 1 fully saturated rings. The Hall–Kier alpha value is -2.39. The molecule has 2 heterocycles. The largest absolute Gasteiger partial charge is 0.438 e. The Bertz CT molecular complexity index is 746. The molecule has 0 spiro atoms. The predicted octanol–water partition coefficient (Wildman–Crippen LogP) is 3.97. The molecular formula is C21H21NO2. The lowest BCUT2D eigenvalue weighted by atomic mass is 9.94. The lowest BCUT2D eigenvalue weighted by Gasteiger charge is -2.32. The van der Waals surface area contributed by atoms with Gasteiger partial charge in [-0.1, -0.05) is 67.1 Å². The molecule has 24 heavy (non-hydrogen) atoms. The van der Waals surface area contributed by atoms with Crippen LogP contribution in [0.15, 0.2) is 60.7 Å². The quantitative estimate of drug-likeness (QED) is 0.802. The molecule has 0 N–H and O–H groups in total. The highest BCUT2D eigenvalue weighted by Gasteiger charge is 2.39. The lowest BCUT2D eigenvalue weighted by Crippen LogP contribution is -2.40. The summed E-state index contributed by atoms with van der Waals surface area (Å²) in [7, 11) is 0. The van der Waals surface area contributed by atoms with Gasteiger partial charge >= 0.3 is 5.97 Å². The van der Waals surface area contributed by atoms with Crippen molar-refractivity contribution in [2.45, 2.75) is 25.5 Å². The Labute approximate surface area is 142 Å². The molecule has 2 aromatic carbocycles. The van der Waals surface area contributed by atoms with Crippen LogP contribution in [-0.2, 0) is 9.53 Å². The Balaban J connectivity index is 1.84. The number of cyclic esters (lactones) is 1. The maximum absolute atomic E-state index is 12.7. The fourth-order valence-corrected chi connectivity index (χ4v) is 3.65. The van der Waals surface area contributed by atoms with Gasteiger partial charge in [-0.25, -0.2) is 4.79 Å². The summed E-state index contributed by atoms with van der Waals surface area (Å²) >= 11 is 0. The zero-order valence-corrected chi connectivity index (χ0v) is 13.7. The van der Waals surface area contributed by atoms with Crippen molar-refractivity contribution in [3.63, 3.8) is 0 Å². The van der Waals surface area contributed by atoms with Gasteiger partial charge in [0.1, 0.15) is 0 Å². The monoisotopic (exact) mass is 319 g/mol. The van der Waals surface area contributed by atoms with Crippen LogP contribution in [0.4, 0.5) is 0 Å². The van der Waals surface area contributed by atoms with Gasteiger partial charge in [0.25, 0.3) is 0 Å². The van der Waals surface area contributed by atoms with Crippen LogP contribution in [0.1, 0.15) is 30.4 Å². The summed E-state index contributed by atoms with van der Waals surface area (Å²) in [5.41, 5.74) is 3.71. The molecule has 0 radical (unpaired) electrons. The number of esters is 1. The molecule has 1 atom stereocenters. The molecule has 3 nitrogen and oxygen atoms in total. The van der Waals surface area contributed by atoms with Gasteiger partial charge < -0.3 is 4.74 Å². The van der Waals surface area contributed by atoms with Crippen LogP contribution in [0.25, 0.3) is 11.1 Å². The van der Waals surface area contributed by atoms with Crippen LogP contribution in [-0.4, -0.2) is 30.2 Å². The van der Waals surface area contributed by atoms with Gasteiger partial charge in [0.05, 0.1) is 5.57 Å². The van der Waals surface area contributed by atoms with Crippen LogP contribution in [0, 0.1) is 0 Å². The van der Waals surface area contributed by atoms with Gasteiger partial charge in [-0.2, -0.15) is 0 Å². The van der Waals surface area contributed by atoms with Gasteiger partial charge in [0.2, 0.25) is 0 Å². The van der Waals surface area contributed by atoms with Crippen molar-refractivity contribution in [3.05, 3.63) is 71.8 Å². The van der Waals surface area contributed by atoms with Crippen molar-refractivity contribution < 1.29 is 9.53 Å². The van der Waals surface area contributed by atoms with Crippen LogP contribution >= 0.6 is 0 Å². The van der Waals surface area contributed by atoms with E-state index in [1.165, 1.54) is 6.42 Å². The number of piperidine rings is 1. The number of ether oxygens (including phenoxy) is 1. The van der Waals surface area contributed by atoms with E-state index in [2.05, 4.69) is 17.0 Å². The number of carbonyl (C=O) groups excluding carboxylic acids is 1. The van der Waals surface area contributed by atoms with Crippen molar-refractivity contribution in [2.75, 3.05) is 13.1 Å². The molecule has 1 saturated heterocycles. The third-order valence-corrected chi connectivity index (χ3v) is 4.81. The number of rotatable bonds is 3. The van der Waals surface area contributed by atoms with Crippen molar-refractivity contribution in [2.24, 2.45) is 0 Å². The van der Waals surface area contributed by atoms with Crippen LogP contribution in [0.5, 0.6) is 0 Å². The van der Waals surface area contributed by atoms with E-state index in [1.807, 2.05) is 48.5 Å². The molecule has 2 aliphatic heterocycles. The first kappa shape index (κ1) is 15.2. The van der Waals surface area contributed by atoms with E-state index in [0.29, 0.717) is 5.57 Å². The highest BCUT2D eigenvalue weighted by atomic mass is 16.6. The minimum Gasteiger partial charge on any atom is -0.438 e. The topological polar surface area (TPSA) is 29.5 Å². The van der Waals surface area contributed by atoms with Crippen molar-refractivity contribution in [1.29, 1.82) is 0 Å². The van der Waals surface area contributed by atoms with Gasteiger partial charge in [-0.3, -0.25) is 4.90 Å². The van der Waals surface area contributed by atoms with Gasteiger partial charge in [0.15, 0.2) is 6.23 Å². The number of nitrogens with zero attached hydrogens (tertiary/aromatic N) is 1. The van der Waals surface area contributed by atoms with Crippen molar-refractivity contribution >= 4 is 17.1 Å². The summed E-state index contributed by atoms with van der Waals surface area (Å²) < 4.78 is 5.85. The molecule has 2 aromatic rings.